The highest BCUT2D eigenvalue weighted by atomic mass is 16.5. The van der Waals surface area contributed by atoms with E-state index < -0.39 is 11.1 Å². The second-order valence-electron chi connectivity index (χ2n) is 11.8. The van der Waals surface area contributed by atoms with Crippen molar-refractivity contribution < 1.29 is 19.7 Å². The summed E-state index contributed by atoms with van der Waals surface area (Å²) in [4.78, 5) is 13.0. The van der Waals surface area contributed by atoms with Gasteiger partial charge in [-0.05, 0) is 59.3 Å². The number of hydrogen-bond donors (Lipinski definition) is 3. The Bertz CT molecular complexity index is 880. The van der Waals surface area contributed by atoms with Crippen molar-refractivity contribution in [2.24, 2.45) is 5.41 Å². The summed E-state index contributed by atoms with van der Waals surface area (Å²) in [5, 5.41) is 25.5. The molecule has 0 aliphatic heterocycles. The van der Waals surface area contributed by atoms with E-state index in [1.54, 1.807) is 4.57 Å². The molecule has 2 bridgehead atoms. The summed E-state index contributed by atoms with van der Waals surface area (Å²) in [6.45, 7) is 16.8. The molecule has 0 aromatic carbocycles. The van der Waals surface area contributed by atoms with Gasteiger partial charge in [-0.3, -0.25) is 9.36 Å². The average molecular weight is 461 g/mol. The van der Waals surface area contributed by atoms with Gasteiger partial charge in [0.05, 0.1) is 18.2 Å². The Balaban J connectivity index is 1.80. The number of carbonyl (C=O) groups is 1. The highest BCUT2D eigenvalue weighted by molar-refractivity contribution is 5.77. The van der Waals surface area contributed by atoms with Crippen LogP contribution >= 0.6 is 0 Å². The fraction of sp³-hybridized carbons (Fsp3) is 0.741. The lowest BCUT2D eigenvalue weighted by molar-refractivity contribution is -0.126. The van der Waals surface area contributed by atoms with Crippen LogP contribution in [0.4, 0.5) is 0 Å². The topological polar surface area (TPSA) is 83.7 Å². The third-order valence-corrected chi connectivity index (χ3v) is 7.83. The molecule has 1 heterocycles. The molecule has 4 unspecified atom stereocenters. The third kappa shape index (κ3) is 4.96. The van der Waals surface area contributed by atoms with Crippen molar-refractivity contribution in [2.75, 3.05) is 6.61 Å². The van der Waals surface area contributed by atoms with E-state index in [9.17, 15) is 15.0 Å². The number of nitrogens with one attached hydrogen (secondary N) is 1. The summed E-state index contributed by atoms with van der Waals surface area (Å²) >= 11 is 0. The van der Waals surface area contributed by atoms with Gasteiger partial charge in [-0.1, -0.05) is 39.3 Å². The number of amides is 1. The van der Waals surface area contributed by atoms with E-state index in [-0.39, 0.29) is 41.0 Å². The number of rotatable bonds is 11. The molecule has 3 rings (SSSR count). The van der Waals surface area contributed by atoms with Crippen LogP contribution in [0, 0.1) is 5.41 Å². The predicted octanol–water partition coefficient (Wildman–Crippen LogP) is 5.68. The van der Waals surface area contributed by atoms with Crippen LogP contribution in [0.3, 0.4) is 0 Å². The van der Waals surface area contributed by atoms with Gasteiger partial charge < -0.3 is 20.3 Å². The van der Waals surface area contributed by atoms with Crippen LogP contribution < -0.4 is 5.32 Å². The van der Waals surface area contributed by atoms with Crippen molar-refractivity contribution in [1.29, 1.82) is 0 Å². The summed E-state index contributed by atoms with van der Waals surface area (Å²) in [6, 6.07) is 0. The molecule has 1 amide bonds. The molecular formula is C27H44N2O4. The minimum Gasteiger partial charge on any atom is -0.494 e. The van der Waals surface area contributed by atoms with Gasteiger partial charge in [0.15, 0.2) is 11.8 Å². The second-order valence-corrected chi connectivity index (χ2v) is 11.8. The number of nitrogens with zero attached hydrogens (tertiary/aromatic N) is 1. The van der Waals surface area contributed by atoms with Crippen molar-refractivity contribution in [3.05, 3.63) is 23.3 Å². The molecule has 6 heteroatoms. The Labute approximate surface area is 199 Å². The van der Waals surface area contributed by atoms with Gasteiger partial charge in [0, 0.05) is 34.9 Å². The van der Waals surface area contributed by atoms with Crippen molar-refractivity contribution in [3.8, 4) is 11.8 Å². The Morgan fingerprint density at radius 3 is 2.09 bits per heavy atom. The van der Waals surface area contributed by atoms with Crippen molar-refractivity contribution in [1.82, 2.24) is 9.88 Å². The second kappa shape index (κ2) is 9.01. The van der Waals surface area contributed by atoms with Gasteiger partial charge in [0.25, 0.3) is 0 Å². The van der Waals surface area contributed by atoms with E-state index in [0.29, 0.717) is 19.4 Å². The number of allylic oxidation sites excluding steroid dienone is 2. The Hall–Kier alpha value is -1.95. The summed E-state index contributed by atoms with van der Waals surface area (Å²) in [5.74, 6) is 0.770. The van der Waals surface area contributed by atoms with Crippen LogP contribution in [0.25, 0.3) is 0 Å². The molecule has 186 valence electrons. The standard InChI is InChI=1S/C27H44N2O4/c1-9-26(7,14-20(30)28-25(5,6)16-33-17(3)4)15-27(8,10-2)29-23(31)21-18-11-12-19(13-18)22(21)24(29)32/h11-12,17-19,31-32H,9-10,13-16H2,1-8H3,(H,28,30). The molecule has 3 N–H and O–H groups in total. The molecule has 0 saturated heterocycles. The fourth-order valence-corrected chi connectivity index (χ4v) is 5.77. The highest BCUT2D eigenvalue weighted by Gasteiger charge is 2.46. The van der Waals surface area contributed by atoms with Gasteiger partial charge in [-0.25, -0.2) is 0 Å². The molecule has 0 fully saturated rings. The first kappa shape index (κ1) is 25.7. The molecule has 1 aromatic heterocycles. The molecule has 2 aliphatic carbocycles. The Morgan fingerprint density at radius 2 is 1.64 bits per heavy atom. The van der Waals surface area contributed by atoms with E-state index in [1.165, 1.54) is 0 Å². The summed E-state index contributed by atoms with van der Waals surface area (Å²) in [6.07, 6.45) is 7.93. The highest BCUT2D eigenvalue weighted by Crippen LogP contribution is 2.58. The summed E-state index contributed by atoms with van der Waals surface area (Å²) in [5.41, 5.74) is 0.521. The zero-order valence-corrected chi connectivity index (χ0v) is 21.8. The predicted molar refractivity (Wildman–Crippen MR) is 132 cm³/mol. The van der Waals surface area contributed by atoms with Gasteiger partial charge in [0.1, 0.15) is 0 Å². The lowest BCUT2D eigenvalue weighted by Gasteiger charge is -2.41. The fourth-order valence-electron chi connectivity index (χ4n) is 5.77. The van der Waals surface area contributed by atoms with Crippen LogP contribution in [0.2, 0.25) is 0 Å². The van der Waals surface area contributed by atoms with Crippen LogP contribution in [-0.4, -0.2) is 38.9 Å². The lowest BCUT2D eigenvalue weighted by Crippen LogP contribution is -2.49. The van der Waals surface area contributed by atoms with Crippen LogP contribution in [-0.2, 0) is 15.1 Å². The molecule has 0 saturated carbocycles. The van der Waals surface area contributed by atoms with Crippen molar-refractivity contribution in [3.63, 3.8) is 0 Å². The molecule has 33 heavy (non-hydrogen) atoms. The SMILES string of the molecule is CCC(C)(CC(=O)NC(C)(C)COC(C)C)CC(C)(CC)n1c(O)c2c(c1O)C1C=CC2C1. The Kier molecular flexibility index (Phi) is 7.01. The monoisotopic (exact) mass is 460 g/mol. The van der Waals surface area contributed by atoms with Gasteiger partial charge >= 0.3 is 0 Å². The zero-order valence-electron chi connectivity index (χ0n) is 21.8. The van der Waals surface area contributed by atoms with Crippen LogP contribution in [0.5, 0.6) is 11.8 Å². The molecule has 1 aromatic rings. The number of aromatic nitrogens is 1. The van der Waals surface area contributed by atoms with Crippen LogP contribution in [0.1, 0.15) is 110 Å². The Morgan fingerprint density at radius 1 is 1.09 bits per heavy atom. The van der Waals surface area contributed by atoms with E-state index >= 15 is 0 Å². The van der Waals surface area contributed by atoms with Gasteiger partial charge in [-0.2, -0.15) is 0 Å². The molecule has 0 spiro atoms. The van der Waals surface area contributed by atoms with Crippen molar-refractivity contribution in [2.45, 2.75) is 117 Å². The number of aromatic hydroxyl groups is 2. The first-order valence-corrected chi connectivity index (χ1v) is 12.5. The maximum Gasteiger partial charge on any atom is 0.221 e. The smallest absolute Gasteiger partial charge is 0.221 e. The quantitative estimate of drug-likeness (QED) is 0.371. The van der Waals surface area contributed by atoms with E-state index in [4.69, 9.17) is 4.74 Å². The molecule has 2 aliphatic rings. The number of carbonyl (C=O) groups excluding carboxylic acids is 1. The van der Waals surface area contributed by atoms with Crippen molar-refractivity contribution >= 4 is 5.91 Å². The van der Waals surface area contributed by atoms with Crippen LogP contribution in [0.15, 0.2) is 12.2 Å². The number of fused-ring (bicyclic) bond motifs is 5. The summed E-state index contributed by atoms with van der Waals surface area (Å²) < 4.78 is 7.47. The third-order valence-electron chi connectivity index (χ3n) is 7.83. The number of hydrogen-bond acceptors (Lipinski definition) is 4. The van der Waals surface area contributed by atoms with E-state index in [0.717, 1.165) is 30.4 Å². The molecule has 4 atom stereocenters. The van der Waals surface area contributed by atoms with E-state index in [2.05, 4.69) is 45.2 Å². The molecule has 6 nitrogen and oxygen atoms in total. The first-order chi connectivity index (χ1) is 15.3. The average Bonchev–Trinajstić information content (AvgIpc) is 3.39. The minimum absolute atomic E-state index is 0.000785. The normalized spacial score (nSPS) is 22.9. The number of ether oxygens (including phenoxy) is 1. The molecular weight excluding hydrogens is 416 g/mol. The summed E-state index contributed by atoms with van der Waals surface area (Å²) in [7, 11) is 0. The van der Waals surface area contributed by atoms with Gasteiger partial charge in [-0.15, -0.1) is 0 Å². The zero-order chi connectivity index (χ0) is 24.8. The molecule has 0 radical (unpaired) electrons. The first-order valence-electron chi connectivity index (χ1n) is 12.5. The van der Waals surface area contributed by atoms with E-state index in [1.807, 2.05) is 27.7 Å². The largest absolute Gasteiger partial charge is 0.494 e. The lowest BCUT2D eigenvalue weighted by atomic mass is 9.72. The maximum absolute atomic E-state index is 13.0. The maximum atomic E-state index is 13.0. The minimum atomic E-state index is -0.515. The van der Waals surface area contributed by atoms with Gasteiger partial charge in [0.2, 0.25) is 5.91 Å².